The number of aromatic nitrogens is 1. The molecule has 106 valence electrons. The van der Waals surface area contributed by atoms with Crippen LogP contribution in [0.5, 0.6) is 0 Å². The number of benzene rings is 1. The summed E-state index contributed by atoms with van der Waals surface area (Å²) in [6, 6.07) is 7.63. The molecule has 1 heterocycles. The Morgan fingerprint density at radius 2 is 2.15 bits per heavy atom. The fraction of sp³-hybridized carbons (Fsp3) is 0.267. The third-order valence-electron chi connectivity index (χ3n) is 2.98. The highest BCUT2D eigenvalue weighted by atomic mass is 127. The van der Waals surface area contributed by atoms with Gasteiger partial charge in [-0.05, 0) is 65.4 Å². The maximum absolute atomic E-state index is 14.1. The number of nitrogens with zero attached hydrogens (tertiary/aromatic N) is 1. The van der Waals surface area contributed by atoms with Gasteiger partial charge >= 0.3 is 0 Å². The predicted octanol–water partition coefficient (Wildman–Crippen LogP) is 4.68. The third kappa shape index (κ3) is 3.77. The van der Waals surface area contributed by atoms with Crippen LogP contribution < -0.4 is 5.32 Å². The first-order valence-electron chi connectivity index (χ1n) is 6.41. The molecule has 0 fully saturated rings. The van der Waals surface area contributed by atoms with E-state index in [0.717, 1.165) is 26.6 Å². The van der Waals surface area contributed by atoms with E-state index in [1.807, 2.05) is 18.2 Å². The molecule has 1 aromatic heterocycles. The fourth-order valence-corrected chi connectivity index (χ4v) is 3.06. The van der Waals surface area contributed by atoms with Crippen LogP contribution in [0.2, 0.25) is 0 Å². The second-order valence-electron chi connectivity index (χ2n) is 4.45. The molecule has 0 aliphatic carbocycles. The van der Waals surface area contributed by atoms with Gasteiger partial charge in [0, 0.05) is 19.8 Å². The summed E-state index contributed by atoms with van der Waals surface area (Å²) in [6.07, 6.45) is 3.89. The molecule has 1 atom stereocenters. The zero-order valence-electron chi connectivity index (χ0n) is 11.0. The highest BCUT2D eigenvalue weighted by molar-refractivity contribution is 14.1. The van der Waals surface area contributed by atoms with Gasteiger partial charge in [-0.3, -0.25) is 4.98 Å². The minimum Gasteiger partial charge on any atom is -0.306 e. The van der Waals surface area contributed by atoms with Crippen molar-refractivity contribution in [3.8, 4) is 0 Å². The lowest BCUT2D eigenvalue weighted by Gasteiger charge is -2.21. The Morgan fingerprint density at radius 3 is 2.85 bits per heavy atom. The molecule has 0 saturated carbocycles. The Balaban J connectivity index is 2.47. The van der Waals surface area contributed by atoms with Crippen LogP contribution in [0.3, 0.4) is 0 Å². The molecule has 2 rings (SSSR count). The van der Waals surface area contributed by atoms with E-state index in [-0.39, 0.29) is 11.9 Å². The zero-order valence-corrected chi connectivity index (χ0v) is 14.8. The molecule has 1 unspecified atom stereocenters. The van der Waals surface area contributed by atoms with Gasteiger partial charge in [0.15, 0.2) is 0 Å². The van der Waals surface area contributed by atoms with E-state index in [1.54, 1.807) is 12.3 Å². The van der Waals surface area contributed by atoms with Crippen LogP contribution in [0.1, 0.15) is 30.5 Å². The maximum Gasteiger partial charge on any atom is 0.146 e. The highest BCUT2D eigenvalue weighted by Gasteiger charge is 2.19. The number of pyridine rings is 1. The minimum atomic E-state index is -0.281. The van der Waals surface area contributed by atoms with Crippen molar-refractivity contribution in [2.75, 3.05) is 6.54 Å². The van der Waals surface area contributed by atoms with Crippen molar-refractivity contribution in [3.05, 3.63) is 61.6 Å². The molecule has 0 aliphatic rings. The summed E-state index contributed by atoms with van der Waals surface area (Å²) in [6.45, 7) is 2.92. The molecule has 0 radical (unpaired) electrons. The fourth-order valence-electron chi connectivity index (χ4n) is 2.03. The molecule has 0 amide bonds. The summed E-state index contributed by atoms with van der Waals surface area (Å²) in [5.74, 6) is -0.281. The first-order chi connectivity index (χ1) is 9.63. The quantitative estimate of drug-likeness (QED) is 0.672. The molecule has 2 aromatic rings. The van der Waals surface area contributed by atoms with Crippen molar-refractivity contribution < 1.29 is 4.39 Å². The Labute approximate surface area is 140 Å². The van der Waals surface area contributed by atoms with Crippen molar-refractivity contribution in [1.82, 2.24) is 10.3 Å². The van der Waals surface area contributed by atoms with Crippen LogP contribution in [-0.2, 0) is 0 Å². The van der Waals surface area contributed by atoms with Crippen molar-refractivity contribution >= 4 is 38.5 Å². The SMILES string of the molecule is CCCNC(c1ccncc1F)c1cc(Br)ccc1I. The van der Waals surface area contributed by atoms with Gasteiger partial charge in [0.25, 0.3) is 0 Å². The van der Waals surface area contributed by atoms with Crippen LogP contribution in [0.4, 0.5) is 4.39 Å². The zero-order chi connectivity index (χ0) is 14.5. The summed E-state index contributed by atoms with van der Waals surface area (Å²) in [7, 11) is 0. The van der Waals surface area contributed by atoms with Crippen LogP contribution in [0.25, 0.3) is 0 Å². The molecule has 20 heavy (non-hydrogen) atoms. The van der Waals surface area contributed by atoms with Gasteiger partial charge < -0.3 is 5.32 Å². The van der Waals surface area contributed by atoms with E-state index in [9.17, 15) is 4.39 Å². The molecule has 0 aliphatic heterocycles. The van der Waals surface area contributed by atoms with Gasteiger partial charge in [-0.2, -0.15) is 0 Å². The minimum absolute atomic E-state index is 0.164. The average Bonchev–Trinajstić information content (AvgIpc) is 2.44. The molecule has 0 bridgehead atoms. The standard InChI is InChI=1S/C15H15BrFIN2/c1-2-6-20-15(11-5-7-19-9-13(11)17)12-8-10(16)3-4-14(12)18/h3-5,7-9,15,20H,2,6H2,1H3. The molecule has 1 N–H and O–H groups in total. The van der Waals surface area contributed by atoms with Crippen LogP contribution in [-0.4, -0.2) is 11.5 Å². The number of nitrogens with one attached hydrogen (secondary N) is 1. The topological polar surface area (TPSA) is 24.9 Å². The Morgan fingerprint density at radius 1 is 1.35 bits per heavy atom. The van der Waals surface area contributed by atoms with Gasteiger partial charge in [0.1, 0.15) is 5.82 Å². The van der Waals surface area contributed by atoms with Gasteiger partial charge in [-0.25, -0.2) is 4.39 Å². The Bertz CT molecular complexity index is 592. The van der Waals surface area contributed by atoms with Crippen molar-refractivity contribution in [2.24, 2.45) is 0 Å². The smallest absolute Gasteiger partial charge is 0.146 e. The third-order valence-corrected chi connectivity index (χ3v) is 4.46. The highest BCUT2D eigenvalue weighted by Crippen LogP contribution is 2.30. The summed E-state index contributed by atoms with van der Waals surface area (Å²) >= 11 is 5.77. The number of hydrogen-bond acceptors (Lipinski definition) is 2. The molecule has 5 heteroatoms. The van der Waals surface area contributed by atoms with Crippen LogP contribution in [0.15, 0.2) is 41.1 Å². The van der Waals surface area contributed by atoms with E-state index < -0.39 is 0 Å². The molecular weight excluding hydrogens is 434 g/mol. The number of hydrogen-bond donors (Lipinski definition) is 1. The first kappa shape index (κ1) is 15.9. The van der Waals surface area contributed by atoms with Gasteiger partial charge in [-0.15, -0.1) is 0 Å². The number of halogens is 3. The summed E-state index contributed by atoms with van der Waals surface area (Å²) in [5, 5.41) is 3.42. The predicted molar refractivity (Wildman–Crippen MR) is 91.2 cm³/mol. The van der Waals surface area contributed by atoms with E-state index >= 15 is 0 Å². The van der Waals surface area contributed by atoms with E-state index in [0.29, 0.717) is 5.56 Å². The lowest BCUT2D eigenvalue weighted by Crippen LogP contribution is -2.25. The summed E-state index contributed by atoms with van der Waals surface area (Å²) in [5.41, 5.74) is 1.70. The second-order valence-corrected chi connectivity index (χ2v) is 6.53. The van der Waals surface area contributed by atoms with Crippen LogP contribution in [0, 0.1) is 9.39 Å². The largest absolute Gasteiger partial charge is 0.306 e. The maximum atomic E-state index is 14.1. The lowest BCUT2D eigenvalue weighted by atomic mass is 9.99. The lowest BCUT2D eigenvalue weighted by molar-refractivity contribution is 0.542. The van der Waals surface area contributed by atoms with Crippen molar-refractivity contribution in [1.29, 1.82) is 0 Å². The molecular formula is C15H15BrFIN2. The molecule has 2 nitrogen and oxygen atoms in total. The second kappa shape index (κ2) is 7.47. The van der Waals surface area contributed by atoms with E-state index in [1.165, 1.54) is 6.20 Å². The first-order valence-corrected chi connectivity index (χ1v) is 8.28. The van der Waals surface area contributed by atoms with Gasteiger partial charge in [0.05, 0.1) is 12.2 Å². The normalized spacial score (nSPS) is 12.4. The summed E-state index contributed by atoms with van der Waals surface area (Å²) < 4.78 is 16.2. The van der Waals surface area contributed by atoms with E-state index in [4.69, 9.17) is 0 Å². The molecule has 0 spiro atoms. The Kier molecular flexibility index (Phi) is 5.92. The Hall–Kier alpha value is -0.530. The van der Waals surface area contributed by atoms with Crippen molar-refractivity contribution in [3.63, 3.8) is 0 Å². The van der Waals surface area contributed by atoms with Gasteiger partial charge in [0.2, 0.25) is 0 Å². The average molecular weight is 449 g/mol. The molecule has 0 saturated heterocycles. The van der Waals surface area contributed by atoms with Crippen LogP contribution >= 0.6 is 38.5 Å². The van der Waals surface area contributed by atoms with E-state index in [2.05, 4.69) is 55.7 Å². The molecule has 1 aromatic carbocycles. The van der Waals surface area contributed by atoms with Gasteiger partial charge in [-0.1, -0.05) is 22.9 Å². The van der Waals surface area contributed by atoms with Crippen molar-refractivity contribution in [2.45, 2.75) is 19.4 Å². The number of rotatable bonds is 5. The summed E-state index contributed by atoms with van der Waals surface area (Å²) in [4.78, 5) is 3.83. The monoisotopic (exact) mass is 448 g/mol.